The average Bonchev–Trinajstić information content (AvgIpc) is 2.24. The summed E-state index contributed by atoms with van der Waals surface area (Å²) in [5.41, 5.74) is 0.934. The fourth-order valence-corrected chi connectivity index (χ4v) is 2.16. The highest BCUT2D eigenvalue weighted by atomic mass is 32.2. The van der Waals surface area contributed by atoms with Gasteiger partial charge >= 0.3 is 0 Å². The minimum atomic E-state index is 0.249. The summed E-state index contributed by atoms with van der Waals surface area (Å²) in [5.74, 6) is 0.945. The second kappa shape index (κ2) is 5.94. The maximum absolute atomic E-state index is 11.0. The maximum Gasteiger partial charge on any atom is 0.214 e. The van der Waals surface area contributed by atoms with Crippen molar-refractivity contribution >= 4 is 23.9 Å². The molecule has 0 saturated heterocycles. The van der Waals surface area contributed by atoms with Gasteiger partial charge in [0.05, 0.1) is 0 Å². The lowest BCUT2D eigenvalue weighted by Gasteiger charge is -2.21. The minimum absolute atomic E-state index is 0.249. The highest BCUT2D eigenvalue weighted by Gasteiger charge is 2.11. The third kappa shape index (κ3) is 4.71. The minimum Gasteiger partial charge on any atom is -0.314 e. The highest BCUT2D eigenvalue weighted by Crippen LogP contribution is 2.23. The van der Waals surface area contributed by atoms with E-state index in [-0.39, 0.29) is 4.75 Å². The number of nitrogens with zero attached hydrogens (tertiary/aromatic N) is 1. The molecule has 1 aromatic rings. The molecule has 0 bridgehead atoms. The Morgan fingerprint density at radius 1 is 1.38 bits per heavy atom. The van der Waals surface area contributed by atoms with E-state index < -0.39 is 0 Å². The summed E-state index contributed by atoms with van der Waals surface area (Å²) in [6, 6.07) is 10.4. The van der Waals surface area contributed by atoms with Gasteiger partial charge in [0.2, 0.25) is 6.41 Å². The van der Waals surface area contributed by atoms with Crippen LogP contribution in [0.2, 0.25) is 0 Å². The lowest BCUT2D eigenvalue weighted by atomic mass is 10.3. The number of hydrogen-bond donors (Lipinski definition) is 0. The zero-order valence-electron chi connectivity index (χ0n) is 10.1. The number of benzene rings is 1. The Hall–Kier alpha value is -0.960. The van der Waals surface area contributed by atoms with Crippen LogP contribution in [-0.4, -0.2) is 23.5 Å². The average molecular weight is 236 g/mol. The van der Waals surface area contributed by atoms with Crippen LogP contribution in [0.25, 0.3) is 0 Å². The monoisotopic (exact) mass is 236 g/mol. The number of thioether (sulfide) groups is 1. The number of carbonyl (C=O) groups is 1. The molecule has 1 radical (unpaired) electrons. The summed E-state index contributed by atoms with van der Waals surface area (Å²) >= 11 is 1.86. The third-order valence-corrected chi connectivity index (χ3v) is 3.28. The molecule has 0 unspecified atom stereocenters. The van der Waals surface area contributed by atoms with Gasteiger partial charge in [-0.1, -0.05) is 32.9 Å². The molecule has 0 aliphatic carbocycles. The van der Waals surface area contributed by atoms with Gasteiger partial charge in [0.1, 0.15) is 0 Å². The lowest BCUT2D eigenvalue weighted by Crippen LogP contribution is -2.25. The third-order valence-electron chi connectivity index (χ3n) is 2.03. The normalized spacial score (nSPS) is 11.2. The quantitative estimate of drug-likeness (QED) is 0.733. The number of carbonyl (C=O) groups excluding carboxylic acids is 1. The first-order valence-electron chi connectivity index (χ1n) is 5.35. The Morgan fingerprint density at radius 2 is 2.00 bits per heavy atom. The standard InChI is InChI=1S/C13H18NOS/c1-13(2,3)16-10-9-14(11-15)12-7-5-4-6-8-12/h5-8,11H,9-10H2,1-3H3. The van der Waals surface area contributed by atoms with Crippen LogP contribution in [0, 0.1) is 6.07 Å². The van der Waals surface area contributed by atoms with Crippen molar-refractivity contribution in [2.75, 3.05) is 17.2 Å². The van der Waals surface area contributed by atoms with Crippen LogP contribution in [0.5, 0.6) is 0 Å². The molecular weight excluding hydrogens is 218 g/mol. The van der Waals surface area contributed by atoms with Gasteiger partial charge in [-0.2, -0.15) is 11.8 Å². The van der Waals surface area contributed by atoms with E-state index >= 15 is 0 Å². The fourth-order valence-electron chi connectivity index (χ4n) is 1.26. The molecule has 0 spiro atoms. The van der Waals surface area contributed by atoms with Crippen LogP contribution in [0.1, 0.15) is 20.8 Å². The molecule has 0 fully saturated rings. The van der Waals surface area contributed by atoms with E-state index in [4.69, 9.17) is 0 Å². The first kappa shape index (κ1) is 13.1. The summed E-state index contributed by atoms with van der Waals surface area (Å²) in [4.78, 5) is 12.7. The summed E-state index contributed by atoms with van der Waals surface area (Å²) in [7, 11) is 0. The predicted molar refractivity (Wildman–Crippen MR) is 70.9 cm³/mol. The van der Waals surface area contributed by atoms with Crippen LogP contribution in [-0.2, 0) is 4.79 Å². The summed E-state index contributed by atoms with van der Waals surface area (Å²) in [6.07, 6.45) is 0.887. The van der Waals surface area contributed by atoms with Crippen LogP contribution < -0.4 is 4.90 Å². The first-order valence-corrected chi connectivity index (χ1v) is 6.33. The van der Waals surface area contributed by atoms with E-state index in [1.165, 1.54) is 0 Å². The second-order valence-corrected chi connectivity index (χ2v) is 6.44. The van der Waals surface area contributed by atoms with Crippen molar-refractivity contribution in [2.24, 2.45) is 0 Å². The van der Waals surface area contributed by atoms with Gasteiger partial charge in [0.25, 0.3) is 0 Å². The van der Waals surface area contributed by atoms with Crippen LogP contribution in [0.4, 0.5) is 5.69 Å². The SMILES string of the molecule is CC(C)(C)SCCN(C=O)c1cc[c]cc1. The Morgan fingerprint density at radius 3 is 2.50 bits per heavy atom. The molecule has 1 amide bonds. The largest absolute Gasteiger partial charge is 0.314 e. The van der Waals surface area contributed by atoms with Crippen molar-refractivity contribution in [2.45, 2.75) is 25.5 Å². The molecule has 87 valence electrons. The Bertz CT molecular complexity index is 318. The van der Waals surface area contributed by atoms with E-state index in [9.17, 15) is 4.79 Å². The van der Waals surface area contributed by atoms with Crippen LogP contribution in [0.15, 0.2) is 24.3 Å². The number of amides is 1. The zero-order chi connectivity index (χ0) is 12.0. The van der Waals surface area contributed by atoms with Crippen molar-refractivity contribution in [3.8, 4) is 0 Å². The molecule has 0 N–H and O–H groups in total. The molecule has 0 aliphatic rings. The molecular formula is C13H18NOS. The molecule has 0 atom stereocenters. The molecule has 0 heterocycles. The van der Waals surface area contributed by atoms with Crippen molar-refractivity contribution in [3.63, 3.8) is 0 Å². The molecule has 1 rings (SSSR count). The smallest absolute Gasteiger partial charge is 0.214 e. The van der Waals surface area contributed by atoms with Gasteiger partial charge in [-0.3, -0.25) is 4.79 Å². The van der Waals surface area contributed by atoms with E-state index in [0.29, 0.717) is 0 Å². The fraction of sp³-hybridized carbons (Fsp3) is 0.462. The van der Waals surface area contributed by atoms with Gasteiger partial charge in [0, 0.05) is 22.7 Å². The van der Waals surface area contributed by atoms with Gasteiger partial charge < -0.3 is 4.90 Å². The van der Waals surface area contributed by atoms with Crippen molar-refractivity contribution in [3.05, 3.63) is 30.3 Å². The Balaban J connectivity index is 2.48. The molecule has 0 aromatic heterocycles. The van der Waals surface area contributed by atoms with E-state index in [1.54, 1.807) is 4.90 Å². The van der Waals surface area contributed by atoms with Gasteiger partial charge in [-0.15, -0.1) is 0 Å². The number of hydrogen-bond acceptors (Lipinski definition) is 2. The summed E-state index contributed by atoms with van der Waals surface area (Å²) in [5, 5.41) is 0. The maximum atomic E-state index is 11.0. The summed E-state index contributed by atoms with van der Waals surface area (Å²) < 4.78 is 0.249. The van der Waals surface area contributed by atoms with Crippen molar-refractivity contribution in [1.82, 2.24) is 0 Å². The lowest BCUT2D eigenvalue weighted by molar-refractivity contribution is -0.107. The van der Waals surface area contributed by atoms with E-state index in [0.717, 1.165) is 24.4 Å². The van der Waals surface area contributed by atoms with Crippen LogP contribution in [0.3, 0.4) is 0 Å². The van der Waals surface area contributed by atoms with Gasteiger partial charge in [-0.25, -0.2) is 0 Å². The molecule has 0 saturated carbocycles. The Kier molecular flexibility index (Phi) is 4.87. The predicted octanol–water partition coefficient (Wildman–Crippen LogP) is 2.98. The van der Waals surface area contributed by atoms with E-state index in [2.05, 4.69) is 26.8 Å². The molecule has 3 heteroatoms. The number of anilines is 1. The van der Waals surface area contributed by atoms with Gasteiger partial charge in [-0.05, 0) is 18.2 Å². The zero-order valence-corrected chi connectivity index (χ0v) is 10.9. The van der Waals surface area contributed by atoms with Crippen LogP contribution >= 0.6 is 11.8 Å². The number of rotatable bonds is 5. The molecule has 2 nitrogen and oxygen atoms in total. The molecule has 1 aromatic carbocycles. The van der Waals surface area contributed by atoms with Crippen molar-refractivity contribution in [1.29, 1.82) is 0 Å². The molecule has 16 heavy (non-hydrogen) atoms. The van der Waals surface area contributed by atoms with E-state index in [1.807, 2.05) is 36.0 Å². The topological polar surface area (TPSA) is 20.3 Å². The highest BCUT2D eigenvalue weighted by molar-refractivity contribution is 8.00. The summed E-state index contributed by atoms with van der Waals surface area (Å²) in [6.45, 7) is 7.29. The Labute approximate surface area is 102 Å². The molecule has 0 aliphatic heterocycles. The van der Waals surface area contributed by atoms with Crippen molar-refractivity contribution < 1.29 is 4.79 Å². The second-order valence-electron chi connectivity index (χ2n) is 4.52. The van der Waals surface area contributed by atoms with Gasteiger partial charge in [0.15, 0.2) is 0 Å². The first-order chi connectivity index (χ1) is 7.53.